The minimum absolute atomic E-state index is 0.122. The molecule has 10 heteroatoms. The van der Waals surface area contributed by atoms with Crippen molar-refractivity contribution in [3.05, 3.63) is 45.6 Å². The Labute approximate surface area is 150 Å². The van der Waals surface area contributed by atoms with Crippen LogP contribution in [0.4, 0.5) is 8.78 Å². The summed E-state index contributed by atoms with van der Waals surface area (Å²) in [6, 6.07) is 1.26. The third-order valence-electron chi connectivity index (χ3n) is 3.83. The number of carbonyl (C=O) groups is 1. The average Bonchev–Trinajstić information content (AvgIpc) is 3.11. The quantitative estimate of drug-likeness (QED) is 0.660. The zero-order valence-corrected chi connectivity index (χ0v) is 15.3. The second-order valence-corrected chi connectivity index (χ2v) is 6.50. The second-order valence-electron chi connectivity index (χ2n) is 5.64. The number of alkyl halides is 2. The SMILES string of the molecule is Cc1cc(C(F)F)n2ncc(C(=O)N(C)Cc3c(Br)cnn3C)c2n1. The van der Waals surface area contributed by atoms with E-state index in [1.54, 1.807) is 31.9 Å². The van der Waals surface area contributed by atoms with Gasteiger partial charge in [0.15, 0.2) is 5.65 Å². The molecule has 0 unspecified atom stereocenters. The predicted molar refractivity (Wildman–Crippen MR) is 89.4 cm³/mol. The number of nitrogens with zero attached hydrogens (tertiary/aromatic N) is 6. The number of halogens is 3. The van der Waals surface area contributed by atoms with Crippen molar-refractivity contribution in [2.24, 2.45) is 7.05 Å². The number of carbonyl (C=O) groups excluding carboxylic acids is 1. The van der Waals surface area contributed by atoms with Crippen LogP contribution in [0.15, 0.2) is 22.9 Å². The van der Waals surface area contributed by atoms with Crippen LogP contribution in [0.3, 0.4) is 0 Å². The number of aryl methyl sites for hydroxylation is 2. The summed E-state index contributed by atoms with van der Waals surface area (Å²) in [6.07, 6.45) is 0.197. The molecule has 3 aromatic rings. The summed E-state index contributed by atoms with van der Waals surface area (Å²) in [5, 5.41) is 8.02. The van der Waals surface area contributed by atoms with Gasteiger partial charge in [0.25, 0.3) is 12.3 Å². The maximum absolute atomic E-state index is 13.2. The van der Waals surface area contributed by atoms with Crippen molar-refractivity contribution in [1.29, 1.82) is 0 Å². The van der Waals surface area contributed by atoms with Gasteiger partial charge in [-0.25, -0.2) is 18.3 Å². The summed E-state index contributed by atoms with van der Waals surface area (Å²) in [5.41, 5.74) is 1.21. The van der Waals surface area contributed by atoms with E-state index in [0.29, 0.717) is 12.2 Å². The van der Waals surface area contributed by atoms with Crippen molar-refractivity contribution < 1.29 is 13.6 Å². The van der Waals surface area contributed by atoms with Gasteiger partial charge in [0.1, 0.15) is 11.3 Å². The molecule has 3 aromatic heterocycles. The molecule has 0 radical (unpaired) electrons. The first-order valence-electron chi connectivity index (χ1n) is 7.35. The Kier molecular flexibility index (Phi) is 4.55. The largest absolute Gasteiger partial charge is 0.336 e. The van der Waals surface area contributed by atoms with Crippen LogP contribution in [0.5, 0.6) is 0 Å². The number of aromatic nitrogens is 5. The molecule has 0 N–H and O–H groups in total. The zero-order valence-electron chi connectivity index (χ0n) is 13.7. The van der Waals surface area contributed by atoms with E-state index in [4.69, 9.17) is 0 Å². The zero-order chi connectivity index (χ0) is 18.3. The molecule has 0 aliphatic heterocycles. The Bertz CT molecular complexity index is 932. The Hall–Kier alpha value is -2.36. The molecule has 0 spiro atoms. The standard InChI is InChI=1S/C15H15BrF2N6O/c1-8-4-11(13(17)18)24-14(21-8)9(5-20-24)15(25)22(2)7-12-10(16)6-19-23(12)3/h4-6,13H,7H2,1-3H3. The molecule has 0 aliphatic carbocycles. The van der Waals surface area contributed by atoms with Crippen LogP contribution in [0, 0.1) is 6.92 Å². The lowest BCUT2D eigenvalue weighted by Crippen LogP contribution is -2.27. The highest BCUT2D eigenvalue weighted by atomic mass is 79.9. The Morgan fingerprint density at radius 3 is 2.68 bits per heavy atom. The van der Waals surface area contributed by atoms with E-state index < -0.39 is 6.43 Å². The van der Waals surface area contributed by atoms with Gasteiger partial charge in [0.2, 0.25) is 0 Å². The number of fused-ring (bicyclic) bond motifs is 1. The van der Waals surface area contributed by atoms with Crippen LogP contribution >= 0.6 is 15.9 Å². The highest BCUT2D eigenvalue weighted by molar-refractivity contribution is 9.10. The van der Waals surface area contributed by atoms with Crippen molar-refractivity contribution in [2.45, 2.75) is 19.9 Å². The first kappa shape index (κ1) is 17.5. The van der Waals surface area contributed by atoms with E-state index >= 15 is 0 Å². The van der Waals surface area contributed by atoms with Crippen molar-refractivity contribution in [2.75, 3.05) is 7.05 Å². The summed E-state index contributed by atoms with van der Waals surface area (Å²) in [5.74, 6) is -0.360. The third-order valence-corrected chi connectivity index (χ3v) is 4.49. The van der Waals surface area contributed by atoms with E-state index in [1.807, 2.05) is 0 Å². The molecular formula is C15H15BrF2N6O. The lowest BCUT2D eigenvalue weighted by atomic mass is 10.2. The molecule has 0 fully saturated rings. The van der Waals surface area contributed by atoms with E-state index in [2.05, 4.69) is 31.1 Å². The van der Waals surface area contributed by atoms with Gasteiger partial charge in [-0.15, -0.1) is 0 Å². The lowest BCUT2D eigenvalue weighted by Gasteiger charge is -2.17. The maximum Gasteiger partial charge on any atom is 0.280 e. The fourth-order valence-electron chi connectivity index (χ4n) is 2.54. The van der Waals surface area contributed by atoms with Crippen molar-refractivity contribution in [3.8, 4) is 0 Å². The van der Waals surface area contributed by atoms with E-state index in [0.717, 1.165) is 14.7 Å². The average molecular weight is 413 g/mol. The Morgan fingerprint density at radius 2 is 2.08 bits per heavy atom. The molecule has 0 aromatic carbocycles. The number of rotatable bonds is 4. The maximum atomic E-state index is 13.2. The highest BCUT2D eigenvalue weighted by Gasteiger charge is 2.23. The Balaban J connectivity index is 1.97. The molecule has 1 amide bonds. The fourth-order valence-corrected chi connectivity index (χ4v) is 3.01. The Morgan fingerprint density at radius 1 is 1.36 bits per heavy atom. The molecule has 0 bridgehead atoms. The van der Waals surface area contributed by atoms with Gasteiger partial charge in [-0.2, -0.15) is 10.2 Å². The van der Waals surface area contributed by atoms with Crippen molar-refractivity contribution >= 4 is 27.5 Å². The van der Waals surface area contributed by atoms with Crippen LogP contribution in [0.25, 0.3) is 5.65 Å². The van der Waals surface area contributed by atoms with Crippen LogP contribution in [0.2, 0.25) is 0 Å². The topological polar surface area (TPSA) is 68.3 Å². The summed E-state index contributed by atoms with van der Waals surface area (Å²) < 4.78 is 29.8. The molecule has 25 heavy (non-hydrogen) atoms. The molecule has 0 atom stereocenters. The number of hydrogen-bond donors (Lipinski definition) is 0. The van der Waals surface area contributed by atoms with Gasteiger partial charge in [-0.3, -0.25) is 9.48 Å². The molecule has 0 aliphatic rings. The summed E-state index contributed by atoms with van der Waals surface area (Å²) >= 11 is 3.38. The first-order valence-corrected chi connectivity index (χ1v) is 8.14. The molecule has 7 nitrogen and oxygen atoms in total. The smallest absolute Gasteiger partial charge is 0.280 e. The minimum atomic E-state index is -2.71. The van der Waals surface area contributed by atoms with Crippen LogP contribution < -0.4 is 0 Å². The third kappa shape index (κ3) is 3.13. The molecular weight excluding hydrogens is 398 g/mol. The van der Waals surface area contributed by atoms with Gasteiger partial charge in [0.05, 0.1) is 29.1 Å². The van der Waals surface area contributed by atoms with Gasteiger partial charge >= 0.3 is 0 Å². The summed E-state index contributed by atoms with van der Waals surface area (Å²) in [6.45, 7) is 1.89. The molecule has 132 valence electrons. The van der Waals surface area contributed by atoms with Gasteiger partial charge in [0, 0.05) is 19.8 Å². The normalized spacial score (nSPS) is 11.5. The number of hydrogen-bond acceptors (Lipinski definition) is 4. The van der Waals surface area contributed by atoms with E-state index in [9.17, 15) is 13.6 Å². The molecule has 3 heterocycles. The van der Waals surface area contributed by atoms with Crippen LogP contribution in [-0.4, -0.2) is 42.2 Å². The van der Waals surface area contributed by atoms with Crippen molar-refractivity contribution in [1.82, 2.24) is 29.3 Å². The number of amides is 1. The van der Waals surface area contributed by atoms with Gasteiger partial charge < -0.3 is 4.90 Å². The molecule has 3 rings (SSSR count). The lowest BCUT2D eigenvalue weighted by molar-refractivity contribution is 0.0783. The van der Waals surface area contributed by atoms with Crippen molar-refractivity contribution in [3.63, 3.8) is 0 Å². The highest BCUT2D eigenvalue weighted by Crippen LogP contribution is 2.23. The second kappa shape index (κ2) is 6.51. The van der Waals surface area contributed by atoms with E-state index in [-0.39, 0.29) is 22.8 Å². The van der Waals surface area contributed by atoms with Crippen LogP contribution in [0.1, 0.15) is 33.9 Å². The van der Waals surface area contributed by atoms with E-state index in [1.165, 1.54) is 17.2 Å². The molecule has 0 saturated heterocycles. The van der Waals surface area contributed by atoms with Crippen LogP contribution in [-0.2, 0) is 13.6 Å². The van der Waals surface area contributed by atoms with Gasteiger partial charge in [-0.05, 0) is 28.9 Å². The monoisotopic (exact) mass is 412 g/mol. The van der Waals surface area contributed by atoms with Gasteiger partial charge in [-0.1, -0.05) is 0 Å². The first-order chi connectivity index (χ1) is 11.8. The molecule has 0 saturated carbocycles. The summed E-state index contributed by atoms with van der Waals surface area (Å²) in [4.78, 5) is 18.4. The minimum Gasteiger partial charge on any atom is -0.336 e. The predicted octanol–water partition coefficient (Wildman–Crippen LogP) is 2.74. The fraction of sp³-hybridized carbons (Fsp3) is 0.333. The summed E-state index contributed by atoms with van der Waals surface area (Å²) in [7, 11) is 3.39.